The van der Waals surface area contributed by atoms with Crippen LogP contribution in [0.25, 0.3) is 0 Å². The maximum absolute atomic E-state index is 12.7. The lowest BCUT2D eigenvalue weighted by Crippen LogP contribution is -2.48. The van der Waals surface area contributed by atoms with Gasteiger partial charge in [-0.2, -0.15) is 5.01 Å². The summed E-state index contributed by atoms with van der Waals surface area (Å²) < 4.78 is 0. The molecule has 3 rings (SSSR count). The normalized spacial score (nSPS) is 21.8. The summed E-state index contributed by atoms with van der Waals surface area (Å²) in [4.78, 5) is 49.1. The predicted molar refractivity (Wildman–Crippen MR) is 110 cm³/mol. The Bertz CT molecular complexity index is 794. The van der Waals surface area contributed by atoms with Crippen LogP contribution in [0.4, 0.5) is 9.59 Å². The van der Waals surface area contributed by atoms with E-state index in [0.29, 0.717) is 18.5 Å². The number of rotatable bonds is 7. The van der Waals surface area contributed by atoms with Gasteiger partial charge in [0.25, 0.3) is 5.91 Å². The fraction of sp³-hybridized carbons (Fsp3) is 0.524. The Morgan fingerprint density at radius 2 is 1.83 bits per heavy atom. The number of carbonyl (C=O) groups is 4. The summed E-state index contributed by atoms with van der Waals surface area (Å²) in [6, 6.07) is 8.18. The van der Waals surface area contributed by atoms with Crippen molar-refractivity contribution in [2.75, 3.05) is 6.54 Å². The summed E-state index contributed by atoms with van der Waals surface area (Å²) in [5.41, 5.74) is 1.76. The lowest BCUT2D eigenvalue weighted by molar-refractivity contribution is -0.139. The molecule has 0 unspecified atom stereocenters. The van der Waals surface area contributed by atoms with Crippen molar-refractivity contribution in [3.8, 4) is 0 Å². The smallest absolute Gasteiger partial charge is 0.338 e. The first kappa shape index (κ1) is 21.6. The van der Waals surface area contributed by atoms with Gasteiger partial charge < -0.3 is 16.0 Å². The van der Waals surface area contributed by atoms with Crippen molar-refractivity contribution in [3.63, 3.8) is 0 Å². The van der Waals surface area contributed by atoms with Crippen molar-refractivity contribution in [1.82, 2.24) is 26.4 Å². The average Bonchev–Trinajstić information content (AvgIpc) is 2.96. The Morgan fingerprint density at radius 1 is 1.13 bits per heavy atom. The van der Waals surface area contributed by atoms with Crippen LogP contribution in [-0.4, -0.2) is 41.5 Å². The van der Waals surface area contributed by atoms with Crippen LogP contribution in [0.1, 0.15) is 57.4 Å². The largest absolute Gasteiger partial charge is 0.344 e. The van der Waals surface area contributed by atoms with Gasteiger partial charge >= 0.3 is 12.1 Å². The van der Waals surface area contributed by atoms with E-state index in [2.05, 4.69) is 21.4 Å². The van der Waals surface area contributed by atoms with Crippen LogP contribution in [0, 0.1) is 0 Å². The number of hydrazine groups is 1. The molecule has 162 valence electrons. The summed E-state index contributed by atoms with van der Waals surface area (Å²) in [7, 11) is 0. The van der Waals surface area contributed by atoms with Gasteiger partial charge in [0.2, 0.25) is 5.91 Å². The van der Waals surface area contributed by atoms with Gasteiger partial charge in [0.05, 0.1) is 0 Å². The van der Waals surface area contributed by atoms with Crippen molar-refractivity contribution in [3.05, 3.63) is 35.9 Å². The third-order valence-corrected chi connectivity index (χ3v) is 5.59. The molecule has 1 saturated carbocycles. The monoisotopic (exact) mass is 415 g/mol. The topological polar surface area (TPSA) is 120 Å². The zero-order valence-electron chi connectivity index (χ0n) is 17.2. The second-order valence-corrected chi connectivity index (χ2v) is 7.94. The molecule has 1 saturated heterocycles. The second kappa shape index (κ2) is 9.60. The van der Waals surface area contributed by atoms with E-state index < -0.39 is 23.4 Å². The number of hydrogen-bond donors (Lipinski definition) is 4. The average molecular weight is 415 g/mol. The van der Waals surface area contributed by atoms with Gasteiger partial charge in [0, 0.05) is 19.0 Å². The Balaban J connectivity index is 1.41. The molecular formula is C21H29N5O4. The van der Waals surface area contributed by atoms with Crippen molar-refractivity contribution in [2.24, 2.45) is 0 Å². The Labute approximate surface area is 175 Å². The number of hydrogen-bond acceptors (Lipinski definition) is 4. The quantitative estimate of drug-likeness (QED) is 0.402. The first-order chi connectivity index (χ1) is 14.4. The van der Waals surface area contributed by atoms with Crippen LogP contribution in [0.15, 0.2) is 30.3 Å². The van der Waals surface area contributed by atoms with Gasteiger partial charge in [0.15, 0.2) is 0 Å². The minimum atomic E-state index is -1.23. The number of urea groups is 2. The molecule has 6 amide bonds. The van der Waals surface area contributed by atoms with Crippen LogP contribution in [0.3, 0.4) is 0 Å². The van der Waals surface area contributed by atoms with Crippen LogP contribution in [-0.2, 0) is 15.1 Å². The van der Waals surface area contributed by atoms with E-state index in [-0.39, 0.29) is 18.5 Å². The highest BCUT2D eigenvalue weighted by Gasteiger charge is 2.49. The highest BCUT2D eigenvalue weighted by atomic mass is 16.2. The summed E-state index contributed by atoms with van der Waals surface area (Å²) in [5, 5.41) is 9.04. The maximum atomic E-state index is 12.7. The maximum Gasteiger partial charge on any atom is 0.344 e. The van der Waals surface area contributed by atoms with E-state index in [4.69, 9.17) is 0 Å². The molecule has 1 atom stereocenters. The summed E-state index contributed by atoms with van der Waals surface area (Å²) >= 11 is 0. The molecule has 4 N–H and O–H groups in total. The molecule has 1 aliphatic carbocycles. The molecule has 0 bridgehead atoms. The summed E-state index contributed by atoms with van der Waals surface area (Å²) in [5.74, 6) is -1.01. The van der Waals surface area contributed by atoms with E-state index >= 15 is 0 Å². The van der Waals surface area contributed by atoms with Crippen molar-refractivity contribution in [2.45, 2.75) is 63.5 Å². The van der Waals surface area contributed by atoms with Gasteiger partial charge in [0.1, 0.15) is 5.54 Å². The molecule has 9 nitrogen and oxygen atoms in total. The molecule has 0 aromatic heterocycles. The Morgan fingerprint density at radius 3 is 2.53 bits per heavy atom. The predicted octanol–water partition coefficient (Wildman–Crippen LogP) is 1.90. The third kappa shape index (κ3) is 5.08. The second-order valence-electron chi connectivity index (χ2n) is 7.94. The Kier molecular flexibility index (Phi) is 6.91. The minimum Gasteiger partial charge on any atom is -0.338 e. The molecule has 1 aliphatic heterocycles. The Hall–Kier alpha value is -3.10. The zero-order valence-corrected chi connectivity index (χ0v) is 17.2. The summed E-state index contributed by atoms with van der Waals surface area (Å²) in [6.07, 6.45) is 5.96. The molecule has 9 heteroatoms. The highest BCUT2D eigenvalue weighted by Crippen LogP contribution is 2.27. The van der Waals surface area contributed by atoms with E-state index in [9.17, 15) is 19.2 Å². The van der Waals surface area contributed by atoms with E-state index in [1.54, 1.807) is 31.2 Å². The number of amides is 6. The van der Waals surface area contributed by atoms with Gasteiger partial charge in [-0.15, -0.1) is 0 Å². The molecule has 1 aromatic rings. The van der Waals surface area contributed by atoms with Crippen molar-refractivity contribution in [1.29, 1.82) is 0 Å². The van der Waals surface area contributed by atoms with Gasteiger partial charge in [-0.25, -0.2) is 9.59 Å². The van der Waals surface area contributed by atoms with Crippen LogP contribution >= 0.6 is 0 Å². The molecule has 30 heavy (non-hydrogen) atoms. The fourth-order valence-corrected chi connectivity index (χ4v) is 3.82. The van der Waals surface area contributed by atoms with Crippen molar-refractivity contribution >= 4 is 23.9 Å². The van der Waals surface area contributed by atoms with Crippen LogP contribution in [0.2, 0.25) is 0 Å². The van der Waals surface area contributed by atoms with Crippen molar-refractivity contribution < 1.29 is 19.2 Å². The standard InChI is InChI=1S/C21H29N5O4/c1-21(15-9-4-2-5-10-15)18(28)26(20(30)24-21)25-17(27)13-8-14-22-19(29)23-16-11-6-3-7-12-16/h2,4-5,9-10,16H,3,6-8,11-14H2,1H3,(H,24,30)(H,25,27)(H2,22,23,29)/t21-/m1/s1. The molecule has 1 aromatic carbocycles. The van der Waals surface area contributed by atoms with Gasteiger partial charge in [-0.05, 0) is 31.7 Å². The number of benzene rings is 1. The van der Waals surface area contributed by atoms with Crippen LogP contribution in [0.5, 0.6) is 0 Å². The lowest BCUT2D eigenvalue weighted by atomic mass is 9.92. The van der Waals surface area contributed by atoms with Crippen LogP contribution < -0.4 is 21.4 Å². The number of nitrogens with zero attached hydrogens (tertiary/aromatic N) is 1. The third-order valence-electron chi connectivity index (χ3n) is 5.59. The minimum absolute atomic E-state index is 0.0722. The van der Waals surface area contributed by atoms with Gasteiger partial charge in [-0.1, -0.05) is 49.6 Å². The number of nitrogens with one attached hydrogen (secondary N) is 4. The molecule has 2 aliphatic rings. The molecule has 2 fully saturated rings. The molecular weight excluding hydrogens is 386 g/mol. The SMILES string of the molecule is C[C@]1(c2ccccc2)NC(=O)N(NC(=O)CCCNC(=O)NC2CCCCC2)C1=O. The van der Waals surface area contributed by atoms with E-state index in [1.165, 1.54) is 6.42 Å². The first-order valence-corrected chi connectivity index (χ1v) is 10.5. The lowest BCUT2D eigenvalue weighted by Gasteiger charge is -2.23. The number of imide groups is 1. The first-order valence-electron chi connectivity index (χ1n) is 10.5. The molecule has 0 spiro atoms. The number of carbonyl (C=O) groups excluding carboxylic acids is 4. The fourth-order valence-electron chi connectivity index (χ4n) is 3.82. The molecule has 1 heterocycles. The molecule has 0 radical (unpaired) electrons. The van der Waals surface area contributed by atoms with E-state index in [0.717, 1.165) is 30.7 Å². The summed E-state index contributed by atoms with van der Waals surface area (Å²) in [6.45, 7) is 1.93. The zero-order chi connectivity index (χ0) is 21.6. The highest BCUT2D eigenvalue weighted by molar-refractivity contribution is 6.08. The van der Waals surface area contributed by atoms with Gasteiger partial charge in [-0.3, -0.25) is 15.0 Å². The van der Waals surface area contributed by atoms with E-state index in [1.807, 2.05) is 6.07 Å².